The molecule has 0 unspecified atom stereocenters. The van der Waals surface area contributed by atoms with Crippen LogP contribution in [0.4, 0.5) is 0 Å². The van der Waals surface area contributed by atoms with Gasteiger partial charge in [0.15, 0.2) is 0 Å². The molecule has 0 fully saturated rings. The van der Waals surface area contributed by atoms with Crippen LogP contribution in [0.2, 0.25) is 0 Å². The summed E-state index contributed by atoms with van der Waals surface area (Å²) in [4.78, 5) is 0. The predicted molar refractivity (Wildman–Crippen MR) is 60.9 cm³/mol. The van der Waals surface area contributed by atoms with E-state index in [1.54, 1.807) is 0 Å². The molecular weight excluding hydrogens is 200 g/mol. The fourth-order valence-corrected chi connectivity index (χ4v) is 1.44. The van der Waals surface area contributed by atoms with Gasteiger partial charge in [0.2, 0.25) is 0 Å². The minimum absolute atomic E-state index is 0.304. The van der Waals surface area contributed by atoms with Gasteiger partial charge in [-0.05, 0) is 32.1 Å². The fraction of sp³-hybridized carbons (Fsp3) is 1.00. The summed E-state index contributed by atoms with van der Waals surface area (Å²) in [5, 5.41) is 8.54. The lowest BCUT2D eigenvalue weighted by molar-refractivity contribution is 0.124. The summed E-state index contributed by atoms with van der Waals surface area (Å²) < 4.78 is 5.45. The molecule has 2 nitrogen and oxygen atoms in total. The Morgan fingerprint density at radius 3 is 1.93 bits per heavy atom. The molecule has 0 saturated heterocycles. The molecule has 0 aromatic heterocycles. The highest BCUT2D eigenvalue weighted by Crippen LogP contribution is 2.02. The highest BCUT2D eigenvalue weighted by Gasteiger charge is 1.91. The van der Waals surface area contributed by atoms with Crippen molar-refractivity contribution in [3.8, 4) is 0 Å². The molecule has 0 aromatic carbocycles. The lowest BCUT2D eigenvalue weighted by Gasteiger charge is -2.03. The molecule has 0 spiro atoms. The number of aliphatic hydroxyl groups excluding tert-OH is 1. The lowest BCUT2D eigenvalue weighted by Crippen LogP contribution is -1.97. The van der Waals surface area contributed by atoms with Gasteiger partial charge < -0.3 is 9.84 Å². The van der Waals surface area contributed by atoms with E-state index in [0.29, 0.717) is 6.61 Å². The molecule has 0 rings (SSSR count). The number of ether oxygens (including phenoxy) is 1. The number of aliphatic hydroxyl groups is 1. The second-order valence-corrected chi connectivity index (χ2v) is 3.88. The van der Waals surface area contributed by atoms with Gasteiger partial charge in [-0.2, -0.15) is 0 Å². The summed E-state index contributed by atoms with van der Waals surface area (Å²) in [7, 11) is 0. The van der Waals surface area contributed by atoms with Crippen LogP contribution in [0.3, 0.4) is 0 Å². The van der Waals surface area contributed by atoms with Gasteiger partial charge in [-0.3, -0.25) is 0 Å². The number of hydrogen-bond acceptors (Lipinski definition) is 2. The monoisotopic (exact) mass is 222 g/mol. The second-order valence-electron chi connectivity index (χ2n) is 3.50. The fourth-order valence-electron chi connectivity index (χ4n) is 1.25. The SMILES string of the molecule is OCCCCCOCCCCCCCl. The van der Waals surface area contributed by atoms with Crippen molar-refractivity contribution >= 4 is 11.6 Å². The quantitative estimate of drug-likeness (QED) is 0.430. The van der Waals surface area contributed by atoms with Crippen LogP contribution >= 0.6 is 11.6 Å². The molecule has 1 N–H and O–H groups in total. The maximum absolute atomic E-state index is 8.54. The summed E-state index contributed by atoms with van der Waals surface area (Å²) in [6.07, 6.45) is 7.76. The lowest BCUT2D eigenvalue weighted by atomic mass is 10.2. The van der Waals surface area contributed by atoms with Crippen molar-refractivity contribution in [2.45, 2.75) is 44.9 Å². The minimum atomic E-state index is 0.304. The largest absolute Gasteiger partial charge is 0.396 e. The highest BCUT2D eigenvalue weighted by molar-refractivity contribution is 6.17. The standard InChI is InChI=1S/C11H23ClO2/c12-8-4-1-2-6-10-14-11-7-3-5-9-13/h13H,1-11H2. The summed E-state index contributed by atoms with van der Waals surface area (Å²) in [6.45, 7) is 2.02. The molecule has 3 heteroatoms. The Kier molecular flexibility index (Phi) is 13.4. The van der Waals surface area contributed by atoms with E-state index in [2.05, 4.69) is 0 Å². The van der Waals surface area contributed by atoms with Crippen LogP contribution in [0.15, 0.2) is 0 Å². The van der Waals surface area contributed by atoms with Crippen LogP contribution in [0.5, 0.6) is 0 Å². The highest BCUT2D eigenvalue weighted by atomic mass is 35.5. The van der Waals surface area contributed by atoms with Gasteiger partial charge in [-0.15, -0.1) is 11.6 Å². The van der Waals surface area contributed by atoms with E-state index >= 15 is 0 Å². The number of alkyl halides is 1. The third-order valence-electron chi connectivity index (χ3n) is 2.12. The summed E-state index contributed by atoms with van der Waals surface area (Å²) in [6, 6.07) is 0. The smallest absolute Gasteiger partial charge is 0.0466 e. The molecule has 0 bridgehead atoms. The number of rotatable bonds is 11. The van der Waals surface area contributed by atoms with Crippen molar-refractivity contribution in [3.63, 3.8) is 0 Å². The minimum Gasteiger partial charge on any atom is -0.396 e. The number of unbranched alkanes of at least 4 members (excludes halogenated alkanes) is 5. The van der Waals surface area contributed by atoms with E-state index in [1.165, 1.54) is 12.8 Å². The van der Waals surface area contributed by atoms with Crippen LogP contribution in [-0.2, 0) is 4.74 Å². The predicted octanol–water partition coefficient (Wildman–Crippen LogP) is 2.96. The van der Waals surface area contributed by atoms with Crippen molar-refractivity contribution in [2.75, 3.05) is 25.7 Å². The zero-order valence-electron chi connectivity index (χ0n) is 9.01. The summed E-state index contributed by atoms with van der Waals surface area (Å²) >= 11 is 5.56. The molecule has 0 amide bonds. The molecule has 0 aliphatic carbocycles. The third-order valence-corrected chi connectivity index (χ3v) is 2.39. The molecule has 0 aliphatic rings. The van der Waals surface area contributed by atoms with E-state index in [-0.39, 0.29) is 0 Å². The zero-order chi connectivity index (χ0) is 10.5. The molecule has 0 aliphatic heterocycles. The first kappa shape index (κ1) is 14.2. The van der Waals surface area contributed by atoms with Gasteiger partial charge in [-0.1, -0.05) is 12.8 Å². The summed E-state index contributed by atoms with van der Waals surface area (Å²) in [5.41, 5.74) is 0. The van der Waals surface area contributed by atoms with E-state index in [9.17, 15) is 0 Å². The topological polar surface area (TPSA) is 29.5 Å². The van der Waals surface area contributed by atoms with Gasteiger partial charge in [0.1, 0.15) is 0 Å². The van der Waals surface area contributed by atoms with Crippen molar-refractivity contribution in [1.82, 2.24) is 0 Å². The normalized spacial score (nSPS) is 10.7. The van der Waals surface area contributed by atoms with Crippen LogP contribution in [0.1, 0.15) is 44.9 Å². The molecule has 0 radical (unpaired) electrons. The van der Waals surface area contributed by atoms with Crippen molar-refractivity contribution < 1.29 is 9.84 Å². The van der Waals surface area contributed by atoms with E-state index in [1.807, 2.05) is 0 Å². The maximum Gasteiger partial charge on any atom is 0.0466 e. The third kappa shape index (κ3) is 12.2. The van der Waals surface area contributed by atoms with E-state index in [4.69, 9.17) is 21.4 Å². The van der Waals surface area contributed by atoms with Gasteiger partial charge in [0, 0.05) is 25.7 Å². The Balaban J connectivity index is 2.78. The molecule has 0 aromatic rings. The zero-order valence-corrected chi connectivity index (χ0v) is 9.77. The Bertz CT molecular complexity index is 87.3. The van der Waals surface area contributed by atoms with E-state index in [0.717, 1.165) is 51.2 Å². The molecule has 0 heterocycles. The molecule has 0 atom stereocenters. The van der Waals surface area contributed by atoms with Gasteiger partial charge in [0.05, 0.1) is 0 Å². The Morgan fingerprint density at radius 2 is 1.36 bits per heavy atom. The van der Waals surface area contributed by atoms with Crippen LogP contribution in [0, 0.1) is 0 Å². The molecule has 86 valence electrons. The number of halogens is 1. The second kappa shape index (κ2) is 13.2. The van der Waals surface area contributed by atoms with Gasteiger partial charge in [-0.25, -0.2) is 0 Å². The Hall–Kier alpha value is 0.210. The van der Waals surface area contributed by atoms with Crippen LogP contribution in [-0.4, -0.2) is 30.8 Å². The van der Waals surface area contributed by atoms with Crippen molar-refractivity contribution in [2.24, 2.45) is 0 Å². The first-order valence-corrected chi connectivity index (χ1v) is 6.20. The average Bonchev–Trinajstić information content (AvgIpc) is 2.21. The van der Waals surface area contributed by atoms with Crippen LogP contribution in [0.25, 0.3) is 0 Å². The first-order valence-electron chi connectivity index (χ1n) is 5.66. The first-order chi connectivity index (χ1) is 6.91. The van der Waals surface area contributed by atoms with E-state index < -0.39 is 0 Å². The van der Waals surface area contributed by atoms with Gasteiger partial charge >= 0.3 is 0 Å². The van der Waals surface area contributed by atoms with Crippen molar-refractivity contribution in [1.29, 1.82) is 0 Å². The van der Waals surface area contributed by atoms with Crippen molar-refractivity contribution in [3.05, 3.63) is 0 Å². The molecule has 0 saturated carbocycles. The Labute approximate surface area is 92.6 Å². The van der Waals surface area contributed by atoms with Crippen LogP contribution < -0.4 is 0 Å². The summed E-state index contributed by atoms with van der Waals surface area (Å²) in [5.74, 6) is 0.780. The maximum atomic E-state index is 8.54. The molecular formula is C11H23ClO2. The van der Waals surface area contributed by atoms with Gasteiger partial charge in [0.25, 0.3) is 0 Å². The average molecular weight is 223 g/mol. The number of hydrogen-bond donors (Lipinski definition) is 1. The Morgan fingerprint density at radius 1 is 0.786 bits per heavy atom. The molecule has 14 heavy (non-hydrogen) atoms.